The number of nitrogens with zero attached hydrogens (tertiary/aromatic N) is 2. The molecule has 4 aliphatic rings. The fourth-order valence-electron chi connectivity index (χ4n) is 3.63. The van der Waals surface area contributed by atoms with Crippen molar-refractivity contribution in [2.24, 2.45) is 5.41 Å². The summed E-state index contributed by atoms with van der Waals surface area (Å²) < 4.78 is 0. The van der Waals surface area contributed by atoms with E-state index in [0.29, 0.717) is 6.54 Å². The number of nitrogens with one attached hydrogen (secondary N) is 1. The highest BCUT2D eigenvalue weighted by atomic mass is 16.2. The maximum absolute atomic E-state index is 13.1. The summed E-state index contributed by atoms with van der Waals surface area (Å²) >= 11 is 0. The summed E-state index contributed by atoms with van der Waals surface area (Å²) in [5.41, 5.74) is 4.12. The molecule has 0 saturated heterocycles. The van der Waals surface area contributed by atoms with Crippen molar-refractivity contribution >= 4 is 23.1 Å². The molecule has 3 aliphatic carbocycles. The second-order valence-corrected chi connectivity index (χ2v) is 6.36. The molecule has 1 aliphatic heterocycles. The molecule has 1 N–H and O–H groups in total. The number of carbonyl (C=O) groups excluding carboxylic acids is 1. The average Bonchev–Trinajstić information content (AvgIpc) is 2.60. The SMILES string of the molecule is O=C(N1Cc2cccnc2Nc2ccccc21)C12C=C(C1)C2. The number of para-hydroxylation sites is 2. The van der Waals surface area contributed by atoms with E-state index < -0.39 is 0 Å². The molecule has 2 bridgehead atoms. The third kappa shape index (κ3) is 1.47. The van der Waals surface area contributed by atoms with E-state index in [1.165, 1.54) is 5.57 Å². The van der Waals surface area contributed by atoms with Gasteiger partial charge >= 0.3 is 0 Å². The van der Waals surface area contributed by atoms with Crippen molar-refractivity contribution < 1.29 is 4.79 Å². The van der Waals surface area contributed by atoms with Crippen LogP contribution in [0, 0.1) is 5.41 Å². The number of amides is 1. The number of aromatic nitrogens is 1. The summed E-state index contributed by atoms with van der Waals surface area (Å²) in [5, 5.41) is 3.37. The molecule has 108 valence electrons. The Morgan fingerprint density at radius 3 is 2.77 bits per heavy atom. The van der Waals surface area contributed by atoms with E-state index >= 15 is 0 Å². The van der Waals surface area contributed by atoms with Gasteiger partial charge in [-0.15, -0.1) is 0 Å². The minimum Gasteiger partial charge on any atom is -0.338 e. The largest absolute Gasteiger partial charge is 0.338 e. The number of carbonyl (C=O) groups is 1. The van der Waals surface area contributed by atoms with Crippen molar-refractivity contribution in [2.45, 2.75) is 19.4 Å². The second-order valence-electron chi connectivity index (χ2n) is 6.36. The van der Waals surface area contributed by atoms with Crippen LogP contribution >= 0.6 is 0 Å². The average molecular weight is 289 g/mol. The van der Waals surface area contributed by atoms with Gasteiger partial charge in [-0.3, -0.25) is 4.79 Å². The zero-order valence-corrected chi connectivity index (χ0v) is 12.0. The maximum atomic E-state index is 13.1. The third-order valence-electron chi connectivity index (χ3n) is 4.90. The summed E-state index contributed by atoms with van der Waals surface area (Å²) in [6, 6.07) is 11.9. The van der Waals surface area contributed by atoms with Gasteiger partial charge in [0.15, 0.2) is 0 Å². The van der Waals surface area contributed by atoms with E-state index in [1.54, 1.807) is 6.20 Å². The van der Waals surface area contributed by atoms with Gasteiger partial charge in [0, 0.05) is 11.8 Å². The van der Waals surface area contributed by atoms with E-state index in [4.69, 9.17) is 0 Å². The summed E-state index contributed by atoms with van der Waals surface area (Å²) in [6.07, 6.45) is 5.80. The minimum absolute atomic E-state index is 0.216. The molecule has 1 aromatic carbocycles. The lowest BCUT2D eigenvalue weighted by atomic mass is 9.53. The van der Waals surface area contributed by atoms with E-state index in [1.807, 2.05) is 41.3 Å². The van der Waals surface area contributed by atoms with Crippen molar-refractivity contribution in [3.63, 3.8) is 0 Å². The zero-order valence-electron chi connectivity index (χ0n) is 12.0. The van der Waals surface area contributed by atoms with E-state index in [9.17, 15) is 4.79 Å². The lowest BCUT2D eigenvalue weighted by Crippen LogP contribution is -2.53. The first-order chi connectivity index (χ1) is 10.8. The van der Waals surface area contributed by atoms with Gasteiger partial charge in [-0.05, 0) is 31.0 Å². The molecule has 4 heteroatoms. The molecule has 0 unspecified atom stereocenters. The summed E-state index contributed by atoms with van der Waals surface area (Å²) in [4.78, 5) is 19.4. The Bertz CT molecular complexity index is 832. The Kier molecular flexibility index (Phi) is 2.16. The van der Waals surface area contributed by atoms with Crippen molar-refractivity contribution in [3.05, 3.63) is 59.8 Å². The van der Waals surface area contributed by atoms with Crippen LogP contribution in [-0.4, -0.2) is 10.9 Å². The minimum atomic E-state index is -0.227. The van der Waals surface area contributed by atoms with Gasteiger partial charge in [-0.1, -0.05) is 29.8 Å². The third-order valence-corrected chi connectivity index (χ3v) is 4.90. The van der Waals surface area contributed by atoms with Crippen molar-refractivity contribution in [1.29, 1.82) is 0 Å². The van der Waals surface area contributed by atoms with E-state index in [2.05, 4.69) is 16.4 Å². The first kappa shape index (κ1) is 12.0. The summed E-state index contributed by atoms with van der Waals surface area (Å²) in [6.45, 7) is 0.566. The number of hydrogen-bond donors (Lipinski definition) is 1. The van der Waals surface area contributed by atoms with Crippen LogP contribution in [0.15, 0.2) is 54.2 Å². The van der Waals surface area contributed by atoms with Crippen LogP contribution in [0.25, 0.3) is 0 Å². The van der Waals surface area contributed by atoms with E-state index in [0.717, 1.165) is 35.6 Å². The maximum Gasteiger partial charge on any atom is 0.238 e. The lowest BCUT2D eigenvalue weighted by Gasteiger charge is -2.52. The molecule has 22 heavy (non-hydrogen) atoms. The van der Waals surface area contributed by atoms with Gasteiger partial charge in [0.25, 0.3) is 0 Å². The molecule has 1 amide bonds. The van der Waals surface area contributed by atoms with Gasteiger partial charge in [0.05, 0.1) is 23.3 Å². The molecular weight excluding hydrogens is 274 g/mol. The van der Waals surface area contributed by atoms with Crippen LogP contribution in [0.2, 0.25) is 0 Å². The number of anilines is 3. The smallest absolute Gasteiger partial charge is 0.238 e. The summed E-state index contributed by atoms with van der Waals surface area (Å²) in [5.74, 6) is 1.05. The first-order valence-electron chi connectivity index (χ1n) is 7.58. The van der Waals surface area contributed by atoms with E-state index in [-0.39, 0.29) is 11.3 Å². The molecule has 0 radical (unpaired) electrons. The predicted octanol–water partition coefficient (Wildman–Crippen LogP) is 3.39. The Hall–Kier alpha value is -2.62. The summed E-state index contributed by atoms with van der Waals surface area (Å²) in [7, 11) is 0. The van der Waals surface area contributed by atoms with Crippen LogP contribution in [0.1, 0.15) is 18.4 Å². The predicted molar refractivity (Wildman–Crippen MR) is 84.9 cm³/mol. The molecule has 1 saturated carbocycles. The van der Waals surface area contributed by atoms with Gasteiger partial charge in [0.2, 0.25) is 5.91 Å². The first-order valence-corrected chi connectivity index (χ1v) is 7.58. The number of fused-ring (bicyclic) bond motifs is 2. The topological polar surface area (TPSA) is 45.2 Å². The van der Waals surface area contributed by atoms with Crippen LogP contribution in [0.5, 0.6) is 0 Å². The second kappa shape index (κ2) is 3.97. The fraction of sp³-hybridized carbons (Fsp3) is 0.222. The molecule has 1 fully saturated rings. The Morgan fingerprint density at radius 1 is 1.18 bits per heavy atom. The molecule has 1 aromatic heterocycles. The molecule has 0 atom stereocenters. The van der Waals surface area contributed by atoms with Crippen molar-refractivity contribution in [3.8, 4) is 0 Å². The van der Waals surface area contributed by atoms with Gasteiger partial charge in [0.1, 0.15) is 5.82 Å². The number of hydrogen-bond acceptors (Lipinski definition) is 3. The fourth-order valence-corrected chi connectivity index (χ4v) is 3.63. The Morgan fingerprint density at radius 2 is 2.00 bits per heavy atom. The standard InChI is InChI=1S/C18H15N3O/c22-17(18-8-12(9-18)10-18)21-11-13-4-3-7-19-16(13)20-14-5-1-2-6-15(14)21/h1-8H,9-11H2,(H,19,20). The zero-order chi connectivity index (χ0) is 14.7. The van der Waals surface area contributed by atoms with Gasteiger partial charge in [-0.25, -0.2) is 4.98 Å². The van der Waals surface area contributed by atoms with Crippen LogP contribution in [0.4, 0.5) is 17.2 Å². The number of rotatable bonds is 1. The quantitative estimate of drug-likeness (QED) is 0.818. The Balaban J connectivity index is 1.64. The van der Waals surface area contributed by atoms with Crippen LogP contribution in [0.3, 0.4) is 0 Å². The lowest BCUT2D eigenvalue weighted by molar-refractivity contribution is -0.129. The molecular formula is C18H15N3O. The van der Waals surface area contributed by atoms with Gasteiger partial charge in [-0.2, -0.15) is 0 Å². The van der Waals surface area contributed by atoms with Crippen molar-refractivity contribution in [2.75, 3.05) is 10.2 Å². The molecule has 0 spiro atoms. The number of allylic oxidation sites excluding steroid dienone is 1. The number of pyridine rings is 1. The van der Waals surface area contributed by atoms with Gasteiger partial charge < -0.3 is 10.2 Å². The number of benzene rings is 1. The highest BCUT2D eigenvalue weighted by Gasteiger charge is 2.55. The monoisotopic (exact) mass is 289 g/mol. The highest BCUT2D eigenvalue weighted by Crippen LogP contribution is 2.59. The molecule has 6 rings (SSSR count). The Labute approximate surface area is 128 Å². The molecule has 2 aromatic rings. The molecule has 2 heterocycles. The van der Waals surface area contributed by atoms with Crippen molar-refractivity contribution in [1.82, 2.24) is 4.98 Å². The normalized spacial score (nSPS) is 19.5. The highest BCUT2D eigenvalue weighted by molar-refractivity contribution is 6.05. The van der Waals surface area contributed by atoms with Crippen LogP contribution < -0.4 is 10.2 Å². The molecule has 4 nitrogen and oxygen atoms in total. The van der Waals surface area contributed by atoms with Crippen LogP contribution in [-0.2, 0) is 11.3 Å².